The van der Waals surface area contributed by atoms with Crippen molar-refractivity contribution in [3.8, 4) is 5.75 Å². The number of methoxy groups -OCH3 is 1. The number of rotatable bonds is 3. The van der Waals surface area contributed by atoms with E-state index in [4.69, 9.17) is 9.47 Å². The highest BCUT2D eigenvalue weighted by Gasteiger charge is 2.36. The van der Waals surface area contributed by atoms with E-state index < -0.39 is 5.60 Å². The number of ether oxygens (including phenoxy) is 2. The lowest BCUT2D eigenvalue weighted by atomic mass is 9.74. The Morgan fingerprint density at radius 3 is 2.38 bits per heavy atom. The standard InChI is InChI=1S/C20H29NO3/c1-7-20(5)14-21(18(22)24-19(2,3)4)13-12-17(20)15-8-10-16(23-6)11-9-15/h8-12H,7,13-14H2,1-6H3. The first-order chi connectivity index (χ1) is 11.2. The summed E-state index contributed by atoms with van der Waals surface area (Å²) in [7, 11) is 1.67. The van der Waals surface area contributed by atoms with Gasteiger partial charge in [0, 0.05) is 18.5 Å². The van der Waals surface area contributed by atoms with Crippen LogP contribution in [0.1, 0.15) is 46.6 Å². The fourth-order valence-electron chi connectivity index (χ4n) is 3.02. The Balaban J connectivity index is 2.25. The molecule has 132 valence electrons. The van der Waals surface area contributed by atoms with Crippen LogP contribution in [-0.4, -0.2) is 36.8 Å². The van der Waals surface area contributed by atoms with E-state index >= 15 is 0 Å². The number of benzene rings is 1. The summed E-state index contributed by atoms with van der Waals surface area (Å²) in [6, 6.07) is 8.13. The van der Waals surface area contributed by atoms with Crippen molar-refractivity contribution in [2.45, 2.75) is 46.6 Å². The molecule has 0 aliphatic carbocycles. The van der Waals surface area contributed by atoms with E-state index in [1.165, 1.54) is 11.1 Å². The second-order valence-corrected chi connectivity index (χ2v) is 7.62. The van der Waals surface area contributed by atoms with Crippen LogP contribution in [0.4, 0.5) is 4.79 Å². The van der Waals surface area contributed by atoms with E-state index in [-0.39, 0.29) is 11.5 Å². The number of amides is 1. The van der Waals surface area contributed by atoms with Crippen LogP contribution < -0.4 is 4.74 Å². The molecule has 1 aromatic rings. The van der Waals surface area contributed by atoms with E-state index in [1.54, 1.807) is 12.0 Å². The first-order valence-corrected chi connectivity index (χ1v) is 8.51. The molecule has 1 unspecified atom stereocenters. The minimum absolute atomic E-state index is 0.0935. The van der Waals surface area contributed by atoms with Crippen molar-refractivity contribution in [1.82, 2.24) is 4.90 Å². The maximum atomic E-state index is 12.4. The van der Waals surface area contributed by atoms with Crippen LogP contribution in [-0.2, 0) is 4.74 Å². The smallest absolute Gasteiger partial charge is 0.410 e. The topological polar surface area (TPSA) is 38.8 Å². The molecule has 4 heteroatoms. The summed E-state index contributed by atoms with van der Waals surface area (Å²) in [5.41, 5.74) is 1.90. The van der Waals surface area contributed by atoms with Crippen LogP contribution in [0.3, 0.4) is 0 Å². The molecule has 0 spiro atoms. The molecule has 1 aliphatic heterocycles. The van der Waals surface area contributed by atoms with Crippen molar-refractivity contribution in [3.63, 3.8) is 0 Å². The molecule has 1 atom stereocenters. The van der Waals surface area contributed by atoms with E-state index in [9.17, 15) is 4.79 Å². The molecule has 4 nitrogen and oxygen atoms in total. The molecule has 0 N–H and O–H groups in total. The van der Waals surface area contributed by atoms with Gasteiger partial charge in [0.05, 0.1) is 7.11 Å². The van der Waals surface area contributed by atoms with E-state index in [2.05, 4.69) is 32.1 Å². The normalized spacial score (nSPS) is 21.2. The minimum atomic E-state index is -0.473. The predicted molar refractivity (Wildman–Crippen MR) is 97.2 cm³/mol. The minimum Gasteiger partial charge on any atom is -0.497 e. The summed E-state index contributed by atoms with van der Waals surface area (Å²) in [5.74, 6) is 0.851. The van der Waals surface area contributed by atoms with Crippen LogP contribution in [0, 0.1) is 5.41 Å². The zero-order valence-electron chi connectivity index (χ0n) is 15.7. The molecular weight excluding hydrogens is 302 g/mol. The maximum Gasteiger partial charge on any atom is 0.410 e. The largest absolute Gasteiger partial charge is 0.497 e. The average Bonchev–Trinajstić information content (AvgIpc) is 2.53. The van der Waals surface area contributed by atoms with Gasteiger partial charge < -0.3 is 14.4 Å². The third-order valence-electron chi connectivity index (χ3n) is 4.54. The summed E-state index contributed by atoms with van der Waals surface area (Å²) >= 11 is 0. The number of carbonyl (C=O) groups is 1. The van der Waals surface area contributed by atoms with Crippen LogP contribution in [0.25, 0.3) is 5.57 Å². The summed E-state index contributed by atoms with van der Waals surface area (Å²) in [6.07, 6.45) is 2.86. The number of hydrogen-bond acceptors (Lipinski definition) is 3. The predicted octanol–water partition coefficient (Wildman–Crippen LogP) is 4.75. The summed E-state index contributed by atoms with van der Waals surface area (Å²) in [4.78, 5) is 14.2. The Morgan fingerprint density at radius 1 is 1.25 bits per heavy atom. The summed E-state index contributed by atoms with van der Waals surface area (Å²) < 4.78 is 10.8. The Hall–Kier alpha value is -1.97. The number of nitrogens with zero attached hydrogens (tertiary/aromatic N) is 1. The Kier molecular flexibility index (Phi) is 5.26. The molecule has 1 amide bonds. The average molecular weight is 331 g/mol. The van der Waals surface area contributed by atoms with E-state index in [0.29, 0.717) is 13.1 Å². The molecule has 0 saturated heterocycles. The van der Waals surface area contributed by atoms with Crippen LogP contribution in [0.5, 0.6) is 5.75 Å². The fraction of sp³-hybridized carbons (Fsp3) is 0.550. The van der Waals surface area contributed by atoms with Crippen LogP contribution in [0.2, 0.25) is 0 Å². The van der Waals surface area contributed by atoms with E-state index in [0.717, 1.165) is 12.2 Å². The molecule has 1 aromatic carbocycles. The third-order valence-corrected chi connectivity index (χ3v) is 4.54. The number of hydrogen-bond donors (Lipinski definition) is 0. The molecule has 0 saturated carbocycles. The first kappa shape index (κ1) is 18.4. The monoisotopic (exact) mass is 331 g/mol. The van der Waals surface area contributed by atoms with Gasteiger partial charge in [0.15, 0.2) is 0 Å². The summed E-state index contributed by atoms with van der Waals surface area (Å²) in [5, 5.41) is 0. The Morgan fingerprint density at radius 2 is 1.88 bits per heavy atom. The van der Waals surface area contributed by atoms with Gasteiger partial charge in [-0.25, -0.2) is 4.79 Å². The lowest BCUT2D eigenvalue weighted by molar-refractivity contribution is 0.0209. The second kappa shape index (κ2) is 6.88. The van der Waals surface area contributed by atoms with Crippen molar-refractivity contribution in [1.29, 1.82) is 0 Å². The summed E-state index contributed by atoms with van der Waals surface area (Å²) in [6.45, 7) is 11.3. The molecule has 0 fully saturated rings. The van der Waals surface area contributed by atoms with Crippen molar-refractivity contribution >= 4 is 11.7 Å². The molecule has 2 rings (SSSR count). The maximum absolute atomic E-state index is 12.4. The molecule has 0 aromatic heterocycles. The molecule has 24 heavy (non-hydrogen) atoms. The van der Waals surface area contributed by atoms with Crippen LogP contribution >= 0.6 is 0 Å². The molecule has 1 aliphatic rings. The van der Waals surface area contributed by atoms with Gasteiger partial charge in [-0.2, -0.15) is 0 Å². The molecular formula is C20H29NO3. The van der Waals surface area contributed by atoms with Gasteiger partial charge in [-0.05, 0) is 50.5 Å². The van der Waals surface area contributed by atoms with Gasteiger partial charge >= 0.3 is 6.09 Å². The zero-order valence-corrected chi connectivity index (χ0v) is 15.7. The zero-order chi connectivity index (χ0) is 18.0. The Labute approximate surface area is 145 Å². The van der Waals surface area contributed by atoms with Crippen molar-refractivity contribution in [2.24, 2.45) is 5.41 Å². The van der Waals surface area contributed by atoms with Crippen molar-refractivity contribution in [3.05, 3.63) is 35.9 Å². The van der Waals surface area contributed by atoms with Gasteiger partial charge in [-0.3, -0.25) is 0 Å². The highest BCUT2D eigenvalue weighted by Crippen LogP contribution is 2.41. The van der Waals surface area contributed by atoms with Crippen molar-refractivity contribution < 1.29 is 14.3 Å². The highest BCUT2D eigenvalue weighted by atomic mass is 16.6. The highest BCUT2D eigenvalue weighted by molar-refractivity contribution is 5.75. The van der Waals surface area contributed by atoms with Gasteiger partial charge in [0.2, 0.25) is 0 Å². The van der Waals surface area contributed by atoms with Gasteiger partial charge in [-0.1, -0.05) is 32.1 Å². The van der Waals surface area contributed by atoms with E-state index in [1.807, 2.05) is 32.9 Å². The van der Waals surface area contributed by atoms with Gasteiger partial charge in [0.25, 0.3) is 0 Å². The van der Waals surface area contributed by atoms with Gasteiger partial charge in [0.1, 0.15) is 11.4 Å². The molecule has 1 heterocycles. The number of carbonyl (C=O) groups excluding carboxylic acids is 1. The Bertz CT molecular complexity index is 613. The first-order valence-electron chi connectivity index (χ1n) is 8.51. The molecule has 0 radical (unpaired) electrons. The van der Waals surface area contributed by atoms with Gasteiger partial charge in [-0.15, -0.1) is 0 Å². The fourth-order valence-corrected chi connectivity index (χ4v) is 3.02. The second-order valence-electron chi connectivity index (χ2n) is 7.62. The lowest BCUT2D eigenvalue weighted by Crippen LogP contribution is -2.45. The SMILES string of the molecule is CCC1(C)CN(C(=O)OC(C)(C)C)CC=C1c1ccc(OC)cc1. The third kappa shape index (κ3) is 4.11. The molecule has 0 bridgehead atoms. The lowest BCUT2D eigenvalue weighted by Gasteiger charge is -2.41. The quantitative estimate of drug-likeness (QED) is 0.802. The van der Waals surface area contributed by atoms with Crippen LogP contribution in [0.15, 0.2) is 30.3 Å². The van der Waals surface area contributed by atoms with Crippen molar-refractivity contribution in [2.75, 3.05) is 20.2 Å².